The van der Waals surface area contributed by atoms with Gasteiger partial charge in [0.15, 0.2) is 13.2 Å². The third kappa shape index (κ3) is 7.65. The van der Waals surface area contributed by atoms with Crippen LogP contribution in [0.15, 0.2) is 24.3 Å². The number of carbonyl (C=O) groups is 2. The molecule has 0 atom stereocenters. The molecular formula is C17H25NO5. The van der Waals surface area contributed by atoms with Crippen LogP contribution in [0.25, 0.3) is 0 Å². The summed E-state index contributed by atoms with van der Waals surface area (Å²) in [4.78, 5) is 22.9. The predicted molar refractivity (Wildman–Crippen MR) is 86.5 cm³/mol. The Morgan fingerprint density at radius 2 is 1.74 bits per heavy atom. The number of carbonyl (C=O) groups excluding carboxylic acids is 2. The highest BCUT2D eigenvalue weighted by Crippen LogP contribution is 2.24. The zero-order valence-electron chi connectivity index (χ0n) is 14.2. The Morgan fingerprint density at radius 1 is 1.09 bits per heavy atom. The van der Waals surface area contributed by atoms with Crippen molar-refractivity contribution in [2.24, 2.45) is 0 Å². The van der Waals surface area contributed by atoms with Crippen LogP contribution in [0.5, 0.6) is 5.75 Å². The summed E-state index contributed by atoms with van der Waals surface area (Å²) in [7, 11) is 1.54. The molecule has 0 spiro atoms. The van der Waals surface area contributed by atoms with Crippen molar-refractivity contribution in [2.75, 3.05) is 33.5 Å². The number of rotatable bonds is 8. The maximum atomic E-state index is 11.5. The highest BCUT2D eigenvalue weighted by Gasteiger charge is 2.13. The van der Waals surface area contributed by atoms with Crippen LogP contribution in [0.3, 0.4) is 0 Å². The molecule has 1 aromatic carbocycles. The lowest BCUT2D eigenvalue weighted by molar-refractivity contribution is -0.150. The predicted octanol–water partition coefficient (Wildman–Crippen LogP) is 1.67. The van der Waals surface area contributed by atoms with Crippen LogP contribution >= 0.6 is 0 Å². The van der Waals surface area contributed by atoms with Gasteiger partial charge in [-0.3, -0.25) is 4.79 Å². The first kappa shape index (κ1) is 19.0. The quantitative estimate of drug-likeness (QED) is 0.582. The first-order valence-electron chi connectivity index (χ1n) is 7.47. The Labute approximate surface area is 137 Å². The summed E-state index contributed by atoms with van der Waals surface area (Å²) in [5.41, 5.74) is 1.24. The lowest BCUT2D eigenvalue weighted by Gasteiger charge is -2.19. The Hall–Kier alpha value is -2.08. The van der Waals surface area contributed by atoms with E-state index in [0.29, 0.717) is 18.9 Å². The molecule has 1 aromatic rings. The fourth-order valence-corrected chi connectivity index (χ4v) is 1.72. The maximum Gasteiger partial charge on any atom is 0.344 e. The molecule has 0 saturated heterocycles. The van der Waals surface area contributed by atoms with E-state index in [9.17, 15) is 9.59 Å². The molecule has 1 amide bonds. The van der Waals surface area contributed by atoms with E-state index in [1.54, 1.807) is 0 Å². The van der Waals surface area contributed by atoms with Gasteiger partial charge in [0.05, 0.1) is 6.61 Å². The Morgan fingerprint density at radius 3 is 2.30 bits per heavy atom. The van der Waals surface area contributed by atoms with Crippen LogP contribution in [-0.2, 0) is 24.5 Å². The smallest absolute Gasteiger partial charge is 0.344 e. The molecule has 0 aromatic heterocycles. The van der Waals surface area contributed by atoms with E-state index in [2.05, 4.69) is 26.1 Å². The van der Waals surface area contributed by atoms with Gasteiger partial charge in [-0.05, 0) is 23.1 Å². The van der Waals surface area contributed by atoms with Crippen molar-refractivity contribution in [3.63, 3.8) is 0 Å². The molecular weight excluding hydrogens is 298 g/mol. The van der Waals surface area contributed by atoms with Crippen LogP contribution in [0.2, 0.25) is 0 Å². The van der Waals surface area contributed by atoms with Gasteiger partial charge in [-0.1, -0.05) is 32.9 Å². The minimum atomic E-state index is -0.591. The van der Waals surface area contributed by atoms with E-state index in [1.165, 1.54) is 12.7 Å². The second-order valence-corrected chi connectivity index (χ2v) is 6.07. The maximum absolute atomic E-state index is 11.5. The van der Waals surface area contributed by atoms with Crippen molar-refractivity contribution in [1.82, 2.24) is 5.32 Å². The third-order valence-electron chi connectivity index (χ3n) is 3.07. The van der Waals surface area contributed by atoms with Gasteiger partial charge in [0.25, 0.3) is 5.91 Å². The van der Waals surface area contributed by atoms with E-state index in [1.807, 2.05) is 24.3 Å². The molecule has 0 saturated carbocycles. The van der Waals surface area contributed by atoms with Gasteiger partial charge in [0, 0.05) is 13.7 Å². The van der Waals surface area contributed by atoms with Crippen molar-refractivity contribution in [1.29, 1.82) is 0 Å². The van der Waals surface area contributed by atoms with Crippen molar-refractivity contribution in [3.8, 4) is 5.75 Å². The van der Waals surface area contributed by atoms with Crippen LogP contribution in [-0.4, -0.2) is 45.4 Å². The fraction of sp³-hybridized carbons (Fsp3) is 0.529. The highest BCUT2D eigenvalue weighted by molar-refractivity contribution is 5.80. The minimum absolute atomic E-state index is 0.0631. The average molecular weight is 323 g/mol. The van der Waals surface area contributed by atoms with E-state index >= 15 is 0 Å². The van der Waals surface area contributed by atoms with Crippen molar-refractivity contribution in [3.05, 3.63) is 29.8 Å². The summed E-state index contributed by atoms with van der Waals surface area (Å²) >= 11 is 0. The number of nitrogens with one attached hydrogen (secondary N) is 1. The lowest BCUT2D eigenvalue weighted by Crippen LogP contribution is -2.32. The molecule has 0 aliphatic rings. The van der Waals surface area contributed by atoms with Crippen LogP contribution in [0.1, 0.15) is 26.3 Å². The van der Waals surface area contributed by atoms with Crippen molar-refractivity contribution < 1.29 is 23.8 Å². The van der Waals surface area contributed by atoms with Gasteiger partial charge in [-0.2, -0.15) is 0 Å². The third-order valence-corrected chi connectivity index (χ3v) is 3.07. The molecule has 0 aliphatic heterocycles. The van der Waals surface area contributed by atoms with Crippen LogP contribution in [0.4, 0.5) is 0 Å². The Kier molecular flexibility index (Phi) is 7.54. The molecule has 6 heteroatoms. The average Bonchev–Trinajstić information content (AvgIpc) is 2.50. The second-order valence-electron chi connectivity index (χ2n) is 6.07. The Balaban J connectivity index is 2.29. The summed E-state index contributed by atoms with van der Waals surface area (Å²) in [5.74, 6) is -0.379. The van der Waals surface area contributed by atoms with Crippen molar-refractivity contribution >= 4 is 11.9 Å². The van der Waals surface area contributed by atoms with Crippen LogP contribution < -0.4 is 10.1 Å². The number of methoxy groups -OCH3 is 1. The summed E-state index contributed by atoms with van der Waals surface area (Å²) < 4.78 is 14.9. The summed E-state index contributed by atoms with van der Waals surface area (Å²) in [5, 5.41) is 2.55. The number of hydrogen-bond acceptors (Lipinski definition) is 5. The van der Waals surface area contributed by atoms with Crippen LogP contribution in [0, 0.1) is 0 Å². The standard InChI is InChI=1S/C17H25NO5/c1-17(2,3)13-5-7-14(8-6-13)22-12-16(20)23-11-15(19)18-9-10-21-4/h5-8H,9-12H2,1-4H3,(H,18,19). The topological polar surface area (TPSA) is 73.9 Å². The monoisotopic (exact) mass is 323 g/mol. The number of esters is 1. The molecule has 0 aliphatic carbocycles. The van der Waals surface area contributed by atoms with E-state index in [-0.39, 0.29) is 24.5 Å². The summed E-state index contributed by atoms with van der Waals surface area (Å²) in [6.45, 7) is 6.60. The van der Waals surface area contributed by atoms with Gasteiger partial charge >= 0.3 is 5.97 Å². The Bertz CT molecular complexity index is 505. The van der Waals surface area contributed by atoms with Gasteiger partial charge in [-0.25, -0.2) is 4.79 Å². The molecule has 1 rings (SSSR count). The molecule has 0 bridgehead atoms. The fourth-order valence-electron chi connectivity index (χ4n) is 1.72. The molecule has 0 unspecified atom stereocenters. The van der Waals surface area contributed by atoms with E-state index in [4.69, 9.17) is 14.2 Å². The summed E-state index contributed by atoms with van der Waals surface area (Å²) in [6, 6.07) is 7.55. The number of benzene rings is 1. The molecule has 6 nitrogen and oxygen atoms in total. The molecule has 0 radical (unpaired) electrons. The largest absolute Gasteiger partial charge is 0.482 e. The molecule has 0 heterocycles. The first-order valence-corrected chi connectivity index (χ1v) is 7.47. The van der Waals surface area contributed by atoms with Gasteiger partial charge < -0.3 is 19.5 Å². The number of hydrogen-bond donors (Lipinski definition) is 1. The number of ether oxygens (including phenoxy) is 3. The second kappa shape index (κ2) is 9.15. The summed E-state index contributed by atoms with van der Waals surface area (Å²) in [6.07, 6.45) is 0. The SMILES string of the molecule is COCCNC(=O)COC(=O)COc1ccc(C(C)(C)C)cc1. The minimum Gasteiger partial charge on any atom is -0.482 e. The zero-order chi connectivity index (χ0) is 17.3. The molecule has 0 fully saturated rings. The highest BCUT2D eigenvalue weighted by atomic mass is 16.6. The van der Waals surface area contributed by atoms with Gasteiger partial charge in [-0.15, -0.1) is 0 Å². The van der Waals surface area contributed by atoms with Crippen molar-refractivity contribution in [2.45, 2.75) is 26.2 Å². The zero-order valence-corrected chi connectivity index (χ0v) is 14.2. The molecule has 23 heavy (non-hydrogen) atoms. The van der Waals surface area contributed by atoms with E-state index in [0.717, 1.165) is 0 Å². The normalized spacial score (nSPS) is 11.0. The molecule has 1 N–H and O–H groups in total. The van der Waals surface area contributed by atoms with Gasteiger partial charge in [0.1, 0.15) is 5.75 Å². The van der Waals surface area contributed by atoms with E-state index < -0.39 is 5.97 Å². The van der Waals surface area contributed by atoms with Gasteiger partial charge in [0.2, 0.25) is 0 Å². The first-order chi connectivity index (χ1) is 10.8. The number of amides is 1. The lowest BCUT2D eigenvalue weighted by atomic mass is 9.87. The molecule has 128 valence electrons.